The van der Waals surface area contributed by atoms with Crippen LogP contribution < -0.4 is 5.32 Å². The number of carbonyl (C=O) groups is 1. The maximum absolute atomic E-state index is 12.7. The van der Waals surface area contributed by atoms with Gasteiger partial charge in [-0.3, -0.25) is 9.78 Å². The molecule has 0 saturated carbocycles. The molecular weight excluding hydrogens is 400 g/mol. The smallest absolute Gasteiger partial charge is 0.361 e. The van der Waals surface area contributed by atoms with E-state index in [4.69, 9.17) is 4.52 Å². The van der Waals surface area contributed by atoms with Crippen LogP contribution >= 0.6 is 0 Å². The van der Waals surface area contributed by atoms with Gasteiger partial charge in [0, 0.05) is 18.1 Å². The average Bonchev–Trinajstić information content (AvgIpc) is 3.38. The van der Waals surface area contributed by atoms with Crippen LogP contribution in [0.1, 0.15) is 32.9 Å². The summed E-state index contributed by atoms with van der Waals surface area (Å²) in [4.78, 5) is 27.0. The summed E-state index contributed by atoms with van der Waals surface area (Å²) in [6, 6.07) is 12.7. The van der Waals surface area contributed by atoms with Crippen molar-refractivity contribution in [2.45, 2.75) is 19.9 Å². The minimum atomic E-state index is -0.580. The van der Waals surface area contributed by atoms with E-state index in [-0.39, 0.29) is 18.1 Å². The predicted octanol–water partition coefficient (Wildman–Crippen LogP) is 3.37. The monoisotopic (exact) mass is 418 g/mol. The van der Waals surface area contributed by atoms with Crippen molar-refractivity contribution in [1.82, 2.24) is 19.9 Å². The summed E-state index contributed by atoms with van der Waals surface area (Å²) in [5, 5.41) is 21.3. The summed E-state index contributed by atoms with van der Waals surface area (Å²) in [6.07, 6.45) is 5.74. The molecule has 31 heavy (non-hydrogen) atoms. The Morgan fingerprint density at radius 2 is 1.84 bits per heavy atom. The van der Waals surface area contributed by atoms with Gasteiger partial charge >= 0.3 is 5.82 Å². The van der Waals surface area contributed by atoms with Crippen LogP contribution in [0.4, 0.5) is 11.5 Å². The van der Waals surface area contributed by atoms with Gasteiger partial charge in [-0.15, -0.1) is 0 Å². The molecule has 0 aliphatic heterocycles. The molecule has 1 N–H and O–H groups in total. The van der Waals surface area contributed by atoms with Crippen LogP contribution in [0.5, 0.6) is 0 Å². The first-order valence-corrected chi connectivity index (χ1v) is 9.42. The second-order valence-corrected chi connectivity index (χ2v) is 6.88. The molecule has 0 aliphatic rings. The summed E-state index contributed by atoms with van der Waals surface area (Å²) in [5.41, 5.74) is 3.47. The number of hydrogen-bond donors (Lipinski definition) is 1. The third kappa shape index (κ3) is 4.64. The lowest BCUT2D eigenvalue weighted by Crippen LogP contribution is -2.16. The zero-order chi connectivity index (χ0) is 21.8. The Labute approximate surface area is 176 Å². The normalized spacial score (nSPS) is 10.7. The highest BCUT2D eigenvalue weighted by atomic mass is 16.6. The van der Waals surface area contributed by atoms with Crippen LogP contribution in [0.15, 0.2) is 65.6 Å². The van der Waals surface area contributed by atoms with Gasteiger partial charge in [0.05, 0.1) is 29.5 Å². The summed E-state index contributed by atoms with van der Waals surface area (Å²) in [5.74, 6) is -0.265. The first-order valence-electron chi connectivity index (χ1n) is 9.42. The molecule has 10 nitrogen and oxygen atoms in total. The molecule has 0 unspecified atom stereocenters. The van der Waals surface area contributed by atoms with Gasteiger partial charge < -0.3 is 20.0 Å². The molecule has 0 atom stereocenters. The number of rotatable bonds is 7. The largest absolute Gasteiger partial charge is 0.389 e. The van der Waals surface area contributed by atoms with Crippen molar-refractivity contribution in [3.05, 3.63) is 99.3 Å². The van der Waals surface area contributed by atoms with Gasteiger partial charge in [0.15, 0.2) is 5.69 Å². The number of nitrogens with zero attached hydrogens (tertiary/aromatic N) is 5. The number of nitro groups is 1. The molecule has 0 radical (unpaired) electrons. The van der Waals surface area contributed by atoms with E-state index in [1.165, 1.54) is 16.9 Å². The maximum atomic E-state index is 12.7. The average molecular weight is 418 g/mol. The Kier molecular flexibility index (Phi) is 5.52. The maximum Gasteiger partial charge on any atom is 0.389 e. The number of carbonyl (C=O) groups excluding carboxylic acids is 1. The summed E-state index contributed by atoms with van der Waals surface area (Å²) < 4.78 is 6.54. The highest BCUT2D eigenvalue weighted by molar-refractivity contribution is 6.03. The lowest BCUT2D eigenvalue weighted by molar-refractivity contribution is -0.389. The number of benzene rings is 1. The molecule has 4 aromatic rings. The van der Waals surface area contributed by atoms with Crippen molar-refractivity contribution in [2.24, 2.45) is 0 Å². The second-order valence-electron chi connectivity index (χ2n) is 6.88. The number of aromatic nitrogens is 4. The Morgan fingerprint density at radius 3 is 2.52 bits per heavy atom. The molecule has 156 valence electrons. The van der Waals surface area contributed by atoms with E-state index in [9.17, 15) is 14.9 Å². The molecule has 0 bridgehead atoms. The number of anilines is 1. The standard InChI is InChI=1S/C21H18N6O4/c1-14-18(13-26-11-8-19(24-26)27(29)30)20(25-31-14)21(28)23-17-4-2-15(3-5-17)12-16-6-9-22-10-7-16/h2-11H,12-13H2,1H3,(H,23,28). The van der Waals surface area contributed by atoms with Crippen molar-refractivity contribution in [1.29, 1.82) is 0 Å². The fourth-order valence-corrected chi connectivity index (χ4v) is 3.09. The Hall–Kier alpha value is -4.34. The van der Waals surface area contributed by atoms with Crippen LogP contribution in [0.3, 0.4) is 0 Å². The van der Waals surface area contributed by atoms with Crippen LogP contribution in [0, 0.1) is 17.0 Å². The van der Waals surface area contributed by atoms with Gasteiger partial charge in [0.25, 0.3) is 5.91 Å². The molecule has 10 heteroatoms. The molecule has 0 fully saturated rings. The zero-order valence-electron chi connectivity index (χ0n) is 16.6. The highest BCUT2D eigenvalue weighted by Crippen LogP contribution is 2.19. The highest BCUT2D eigenvalue weighted by Gasteiger charge is 2.22. The van der Waals surface area contributed by atoms with E-state index < -0.39 is 10.8 Å². The second kappa shape index (κ2) is 8.57. The van der Waals surface area contributed by atoms with E-state index >= 15 is 0 Å². The van der Waals surface area contributed by atoms with E-state index in [2.05, 4.69) is 20.6 Å². The van der Waals surface area contributed by atoms with Gasteiger partial charge in [-0.2, -0.15) is 4.68 Å². The van der Waals surface area contributed by atoms with Gasteiger partial charge in [-0.05, 0) is 53.7 Å². The first-order chi connectivity index (χ1) is 15.0. The summed E-state index contributed by atoms with van der Waals surface area (Å²) in [7, 11) is 0. The van der Waals surface area contributed by atoms with Gasteiger partial charge in [0.2, 0.25) is 0 Å². The van der Waals surface area contributed by atoms with Crippen molar-refractivity contribution in [2.75, 3.05) is 5.32 Å². The fraction of sp³-hybridized carbons (Fsp3) is 0.143. The van der Waals surface area contributed by atoms with E-state index in [0.29, 0.717) is 17.0 Å². The number of nitrogens with one attached hydrogen (secondary N) is 1. The van der Waals surface area contributed by atoms with Crippen molar-refractivity contribution >= 4 is 17.4 Å². The van der Waals surface area contributed by atoms with Gasteiger partial charge in [0.1, 0.15) is 5.76 Å². The minimum Gasteiger partial charge on any atom is -0.361 e. The lowest BCUT2D eigenvalue weighted by atomic mass is 10.1. The van der Waals surface area contributed by atoms with Gasteiger partial charge in [-0.1, -0.05) is 17.3 Å². The predicted molar refractivity (Wildman–Crippen MR) is 111 cm³/mol. The van der Waals surface area contributed by atoms with Crippen LogP contribution in [0.25, 0.3) is 0 Å². The first kappa shape index (κ1) is 20.0. The number of pyridine rings is 1. The van der Waals surface area contributed by atoms with E-state index in [0.717, 1.165) is 17.5 Å². The Morgan fingerprint density at radius 1 is 1.13 bits per heavy atom. The molecule has 3 aromatic heterocycles. The fourth-order valence-electron chi connectivity index (χ4n) is 3.09. The zero-order valence-corrected chi connectivity index (χ0v) is 16.6. The number of aryl methyl sites for hydroxylation is 1. The lowest BCUT2D eigenvalue weighted by Gasteiger charge is -2.06. The Bertz CT molecular complexity index is 1210. The molecule has 0 aliphatic carbocycles. The number of hydrogen-bond acceptors (Lipinski definition) is 7. The summed E-state index contributed by atoms with van der Waals surface area (Å²) >= 11 is 0. The third-order valence-electron chi connectivity index (χ3n) is 4.70. The van der Waals surface area contributed by atoms with Crippen LogP contribution in [-0.4, -0.2) is 30.8 Å². The van der Waals surface area contributed by atoms with Crippen LogP contribution in [-0.2, 0) is 13.0 Å². The molecular formula is C21H18N6O4. The molecule has 4 rings (SSSR count). The summed E-state index contributed by atoms with van der Waals surface area (Å²) in [6.45, 7) is 1.79. The van der Waals surface area contributed by atoms with Crippen molar-refractivity contribution in [3.8, 4) is 0 Å². The quantitative estimate of drug-likeness (QED) is 0.360. The molecule has 1 aromatic carbocycles. The SMILES string of the molecule is Cc1onc(C(=O)Nc2ccc(Cc3ccncc3)cc2)c1Cn1ccc([N+](=O)[O-])n1. The Balaban J connectivity index is 1.45. The van der Waals surface area contributed by atoms with Crippen LogP contribution in [0.2, 0.25) is 0 Å². The van der Waals surface area contributed by atoms with Gasteiger partial charge in [-0.25, -0.2) is 0 Å². The van der Waals surface area contributed by atoms with Crippen molar-refractivity contribution < 1.29 is 14.2 Å². The molecule has 0 saturated heterocycles. The molecule has 3 heterocycles. The number of amides is 1. The molecule has 0 spiro atoms. The minimum absolute atomic E-state index is 0.108. The topological polar surface area (TPSA) is 129 Å². The van der Waals surface area contributed by atoms with E-state index in [1.807, 2.05) is 36.4 Å². The van der Waals surface area contributed by atoms with E-state index in [1.54, 1.807) is 19.3 Å². The van der Waals surface area contributed by atoms with Crippen molar-refractivity contribution in [3.63, 3.8) is 0 Å². The molecule has 1 amide bonds. The third-order valence-corrected chi connectivity index (χ3v) is 4.70.